The number of nitrogens with one attached hydrogen (secondary N) is 1. The smallest absolute Gasteiger partial charge is 0.255 e. The topological polar surface area (TPSA) is 116 Å². The molecule has 1 unspecified atom stereocenters. The zero-order chi connectivity index (χ0) is 19.1. The lowest BCUT2D eigenvalue weighted by atomic mass is 10.0. The van der Waals surface area contributed by atoms with Crippen molar-refractivity contribution in [3.8, 4) is 0 Å². The number of carbonyl (C=O) groups is 3. The number of imide groups is 1. The van der Waals surface area contributed by atoms with Gasteiger partial charge in [0.05, 0.1) is 6.10 Å². The maximum Gasteiger partial charge on any atom is 0.255 e. The predicted octanol–water partition coefficient (Wildman–Crippen LogP) is -0.658. The number of rotatable bonds is 4. The number of fused-ring (bicyclic) bond motifs is 1. The van der Waals surface area contributed by atoms with Crippen molar-refractivity contribution < 1.29 is 19.5 Å². The highest BCUT2D eigenvalue weighted by atomic mass is 16.3. The minimum Gasteiger partial charge on any atom is -0.392 e. The molecule has 3 aliphatic heterocycles. The van der Waals surface area contributed by atoms with Crippen LogP contribution in [0.5, 0.6) is 0 Å². The fourth-order valence-corrected chi connectivity index (χ4v) is 4.44. The van der Waals surface area contributed by atoms with Gasteiger partial charge in [-0.2, -0.15) is 0 Å². The molecule has 2 fully saturated rings. The standard InChI is InChI=1S/C19H24N4O4/c20-7-13-6-14(24)10-22(13)8-11-2-1-3-12-9-23(19(27)17(11)12)15-4-5-16(25)21-18(15)26/h1-3,13-15,24H,4-10,20H2,(H,21,25,26)/t13-,14-,15?/m1/s1. The highest BCUT2D eigenvalue weighted by Gasteiger charge is 2.40. The van der Waals surface area contributed by atoms with Crippen LogP contribution in [0.2, 0.25) is 0 Å². The highest BCUT2D eigenvalue weighted by Crippen LogP contribution is 2.31. The highest BCUT2D eigenvalue weighted by molar-refractivity contribution is 6.05. The summed E-state index contributed by atoms with van der Waals surface area (Å²) in [5, 5.41) is 12.3. The number of nitrogens with zero attached hydrogens (tertiary/aromatic N) is 2. The third kappa shape index (κ3) is 3.24. The van der Waals surface area contributed by atoms with E-state index in [1.165, 1.54) is 0 Å². The van der Waals surface area contributed by atoms with Crippen LogP contribution in [0.4, 0.5) is 0 Å². The molecule has 8 nitrogen and oxygen atoms in total. The molecule has 0 saturated carbocycles. The molecule has 2 saturated heterocycles. The zero-order valence-electron chi connectivity index (χ0n) is 15.1. The van der Waals surface area contributed by atoms with Crippen LogP contribution in [-0.2, 0) is 22.7 Å². The lowest BCUT2D eigenvalue weighted by Crippen LogP contribution is -2.52. The van der Waals surface area contributed by atoms with Gasteiger partial charge in [0.25, 0.3) is 5.91 Å². The molecule has 4 N–H and O–H groups in total. The summed E-state index contributed by atoms with van der Waals surface area (Å²) in [5.74, 6) is -0.861. The Labute approximate surface area is 157 Å². The third-order valence-electron chi connectivity index (χ3n) is 5.79. The number of aliphatic hydroxyl groups excluding tert-OH is 1. The fourth-order valence-electron chi connectivity index (χ4n) is 4.44. The summed E-state index contributed by atoms with van der Waals surface area (Å²) in [7, 11) is 0. The summed E-state index contributed by atoms with van der Waals surface area (Å²) in [6.07, 6.45) is 0.841. The van der Waals surface area contributed by atoms with Crippen molar-refractivity contribution in [2.24, 2.45) is 5.73 Å². The largest absolute Gasteiger partial charge is 0.392 e. The van der Waals surface area contributed by atoms with Crippen molar-refractivity contribution in [3.05, 3.63) is 34.9 Å². The Bertz CT molecular complexity index is 796. The molecule has 8 heteroatoms. The fraction of sp³-hybridized carbons (Fsp3) is 0.526. The number of hydrogen-bond donors (Lipinski definition) is 3. The number of amides is 3. The maximum atomic E-state index is 13.1. The number of likely N-dealkylation sites (tertiary alicyclic amines) is 1. The van der Waals surface area contributed by atoms with Gasteiger partial charge in [-0.05, 0) is 24.0 Å². The number of carbonyl (C=O) groups excluding carboxylic acids is 3. The van der Waals surface area contributed by atoms with Gasteiger partial charge in [-0.25, -0.2) is 0 Å². The Kier molecular flexibility index (Phi) is 4.71. The second kappa shape index (κ2) is 7.03. The third-order valence-corrected chi connectivity index (χ3v) is 5.79. The van der Waals surface area contributed by atoms with E-state index in [0.717, 1.165) is 11.1 Å². The Morgan fingerprint density at radius 1 is 1.26 bits per heavy atom. The molecule has 3 atom stereocenters. The lowest BCUT2D eigenvalue weighted by molar-refractivity contribution is -0.136. The average molecular weight is 372 g/mol. The lowest BCUT2D eigenvalue weighted by Gasteiger charge is -2.29. The first-order chi connectivity index (χ1) is 13.0. The summed E-state index contributed by atoms with van der Waals surface area (Å²) in [4.78, 5) is 40.4. The number of aliphatic hydroxyl groups is 1. The molecule has 144 valence electrons. The Hall–Kier alpha value is -2.29. The summed E-state index contributed by atoms with van der Waals surface area (Å²) in [6, 6.07) is 5.23. The van der Waals surface area contributed by atoms with Crippen LogP contribution in [0.15, 0.2) is 18.2 Å². The van der Waals surface area contributed by atoms with Crippen LogP contribution in [-0.4, -0.2) is 63.9 Å². The van der Waals surface area contributed by atoms with E-state index in [2.05, 4.69) is 10.2 Å². The van der Waals surface area contributed by atoms with Crippen molar-refractivity contribution in [1.82, 2.24) is 15.1 Å². The molecule has 3 aliphatic rings. The van der Waals surface area contributed by atoms with Gasteiger partial charge in [-0.3, -0.25) is 24.6 Å². The minimum absolute atomic E-state index is 0.0959. The van der Waals surface area contributed by atoms with Crippen LogP contribution >= 0.6 is 0 Å². The van der Waals surface area contributed by atoms with Crippen LogP contribution in [0.1, 0.15) is 40.7 Å². The molecular weight excluding hydrogens is 348 g/mol. The van der Waals surface area contributed by atoms with E-state index < -0.39 is 18.1 Å². The Morgan fingerprint density at radius 2 is 2.07 bits per heavy atom. The SMILES string of the molecule is NC[C@H]1C[C@@H](O)CN1Cc1cccc2c1C(=O)N(C1CCC(=O)NC1=O)C2. The molecule has 3 amide bonds. The van der Waals surface area contributed by atoms with Crippen LogP contribution < -0.4 is 11.1 Å². The van der Waals surface area contributed by atoms with Gasteiger partial charge in [-0.15, -0.1) is 0 Å². The molecular formula is C19H24N4O4. The van der Waals surface area contributed by atoms with E-state index in [9.17, 15) is 19.5 Å². The van der Waals surface area contributed by atoms with Crippen molar-refractivity contribution in [2.45, 2.75) is 50.5 Å². The molecule has 0 radical (unpaired) electrons. The molecule has 4 rings (SSSR count). The summed E-state index contributed by atoms with van der Waals surface area (Å²) in [5.41, 5.74) is 8.25. The summed E-state index contributed by atoms with van der Waals surface area (Å²) < 4.78 is 0. The molecule has 3 heterocycles. The molecule has 27 heavy (non-hydrogen) atoms. The van der Waals surface area contributed by atoms with Crippen LogP contribution in [0, 0.1) is 0 Å². The monoisotopic (exact) mass is 372 g/mol. The Morgan fingerprint density at radius 3 is 2.81 bits per heavy atom. The van der Waals surface area contributed by atoms with E-state index in [1.54, 1.807) is 4.90 Å². The number of benzene rings is 1. The quantitative estimate of drug-likeness (QED) is 0.605. The molecule has 0 aromatic heterocycles. The first-order valence-electron chi connectivity index (χ1n) is 9.35. The van der Waals surface area contributed by atoms with E-state index in [0.29, 0.717) is 44.6 Å². The van der Waals surface area contributed by atoms with Crippen LogP contribution in [0.25, 0.3) is 0 Å². The second-order valence-corrected chi connectivity index (χ2v) is 7.56. The van der Waals surface area contributed by atoms with Gasteiger partial charge >= 0.3 is 0 Å². The van der Waals surface area contributed by atoms with Gasteiger partial charge in [0, 0.05) is 44.2 Å². The molecule has 0 bridgehead atoms. The van der Waals surface area contributed by atoms with Crippen molar-refractivity contribution in [1.29, 1.82) is 0 Å². The van der Waals surface area contributed by atoms with Crippen molar-refractivity contribution in [3.63, 3.8) is 0 Å². The number of nitrogens with two attached hydrogens (primary N) is 1. The van der Waals surface area contributed by atoms with E-state index in [1.807, 2.05) is 18.2 Å². The van der Waals surface area contributed by atoms with E-state index >= 15 is 0 Å². The van der Waals surface area contributed by atoms with Gasteiger partial charge in [-0.1, -0.05) is 18.2 Å². The summed E-state index contributed by atoms with van der Waals surface area (Å²) in [6.45, 7) is 1.91. The van der Waals surface area contributed by atoms with Crippen LogP contribution in [0.3, 0.4) is 0 Å². The normalized spacial score (nSPS) is 28.6. The second-order valence-electron chi connectivity index (χ2n) is 7.56. The van der Waals surface area contributed by atoms with Crippen molar-refractivity contribution >= 4 is 17.7 Å². The molecule has 1 aromatic rings. The first kappa shape index (κ1) is 18.1. The summed E-state index contributed by atoms with van der Waals surface area (Å²) >= 11 is 0. The van der Waals surface area contributed by atoms with Gasteiger partial charge in [0.1, 0.15) is 6.04 Å². The van der Waals surface area contributed by atoms with Gasteiger partial charge in [0.2, 0.25) is 11.8 Å². The Balaban J connectivity index is 1.57. The van der Waals surface area contributed by atoms with Gasteiger partial charge in [0.15, 0.2) is 0 Å². The maximum absolute atomic E-state index is 13.1. The zero-order valence-corrected chi connectivity index (χ0v) is 15.1. The molecule has 0 aliphatic carbocycles. The predicted molar refractivity (Wildman–Crippen MR) is 96.4 cm³/mol. The van der Waals surface area contributed by atoms with Crippen molar-refractivity contribution in [2.75, 3.05) is 13.1 Å². The number of β-amino-alcohol motifs (C(OH)–C–C–N with tert-alkyl or cyclic N) is 1. The number of piperidine rings is 1. The van der Waals surface area contributed by atoms with Gasteiger partial charge < -0.3 is 15.7 Å². The molecule has 1 aromatic carbocycles. The number of hydrogen-bond acceptors (Lipinski definition) is 6. The minimum atomic E-state index is -0.610. The van der Waals surface area contributed by atoms with E-state index in [-0.39, 0.29) is 24.3 Å². The molecule has 0 spiro atoms. The first-order valence-corrected chi connectivity index (χ1v) is 9.35. The average Bonchev–Trinajstić information content (AvgIpc) is 3.15. The van der Waals surface area contributed by atoms with E-state index in [4.69, 9.17) is 5.73 Å².